The van der Waals surface area contributed by atoms with Gasteiger partial charge in [-0.1, -0.05) is 18.5 Å². The molecule has 1 fully saturated rings. The van der Waals surface area contributed by atoms with E-state index >= 15 is 0 Å². The Balaban J connectivity index is 2.36. The second-order valence-corrected chi connectivity index (χ2v) is 4.59. The van der Waals surface area contributed by atoms with Crippen LogP contribution in [0.15, 0.2) is 18.2 Å². The summed E-state index contributed by atoms with van der Waals surface area (Å²) in [5.74, 6) is 0. The van der Waals surface area contributed by atoms with E-state index in [9.17, 15) is 4.79 Å². The number of benzene rings is 1. The summed E-state index contributed by atoms with van der Waals surface area (Å²) >= 11 is 6.01. The molecule has 1 aromatic rings. The highest BCUT2D eigenvalue weighted by atomic mass is 35.5. The highest BCUT2D eigenvalue weighted by molar-refractivity contribution is 6.31. The molecule has 4 heteroatoms. The van der Waals surface area contributed by atoms with Crippen LogP contribution in [0.1, 0.15) is 23.7 Å². The van der Waals surface area contributed by atoms with Crippen LogP contribution in [-0.2, 0) is 4.74 Å². The van der Waals surface area contributed by atoms with Crippen LogP contribution >= 0.6 is 11.6 Å². The molecule has 0 saturated carbocycles. The number of rotatable bonds is 3. The number of aldehydes is 1. The zero-order valence-electron chi connectivity index (χ0n) is 9.86. The predicted octanol–water partition coefficient (Wildman–Crippen LogP) is 2.77. The van der Waals surface area contributed by atoms with Crippen molar-refractivity contribution >= 4 is 23.6 Å². The molecule has 0 radical (unpaired) electrons. The first kappa shape index (κ1) is 12.4. The van der Waals surface area contributed by atoms with E-state index in [-0.39, 0.29) is 0 Å². The van der Waals surface area contributed by atoms with Crippen LogP contribution in [0.3, 0.4) is 0 Å². The van der Waals surface area contributed by atoms with Gasteiger partial charge in [-0.25, -0.2) is 0 Å². The smallest absolute Gasteiger partial charge is 0.152 e. The lowest BCUT2D eigenvalue weighted by atomic mass is 10.1. The van der Waals surface area contributed by atoms with Crippen LogP contribution < -0.4 is 4.90 Å². The monoisotopic (exact) mass is 253 g/mol. The van der Waals surface area contributed by atoms with E-state index in [0.717, 1.165) is 24.9 Å². The molecule has 17 heavy (non-hydrogen) atoms. The van der Waals surface area contributed by atoms with Gasteiger partial charge in [0.05, 0.1) is 19.3 Å². The molecular weight excluding hydrogens is 238 g/mol. The molecule has 1 aliphatic heterocycles. The Labute approximate surface area is 106 Å². The Hall–Kier alpha value is -1.06. The van der Waals surface area contributed by atoms with Crippen LogP contribution in [0.4, 0.5) is 5.69 Å². The molecule has 1 unspecified atom stereocenters. The summed E-state index contributed by atoms with van der Waals surface area (Å²) in [4.78, 5) is 13.3. The molecule has 1 saturated heterocycles. The zero-order chi connectivity index (χ0) is 12.3. The number of nitrogens with zero attached hydrogens (tertiary/aromatic N) is 1. The zero-order valence-corrected chi connectivity index (χ0v) is 10.6. The maximum absolute atomic E-state index is 11.1. The van der Waals surface area contributed by atoms with Crippen molar-refractivity contribution in [2.24, 2.45) is 0 Å². The van der Waals surface area contributed by atoms with E-state index in [2.05, 4.69) is 11.8 Å². The summed E-state index contributed by atoms with van der Waals surface area (Å²) in [7, 11) is 0. The third-order valence-corrected chi connectivity index (χ3v) is 3.36. The summed E-state index contributed by atoms with van der Waals surface area (Å²) in [5, 5.41) is 0.659. The van der Waals surface area contributed by atoms with Gasteiger partial charge >= 0.3 is 0 Å². The van der Waals surface area contributed by atoms with Gasteiger partial charge in [0.15, 0.2) is 6.29 Å². The van der Waals surface area contributed by atoms with Gasteiger partial charge in [-0.15, -0.1) is 0 Å². The number of hydrogen-bond acceptors (Lipinski definition) is 3. The Bertz CT molecular complexity index is 408. The van der Waals surface area contributed by atoms with Crippen LogP contribution in [0, 0.1) is 0 Å². The number of halogens is 1. The van der Waals surface area contributed by atoms with Crippen LogP contribution in [0.2, 0.25) is 5.02 Å². The maximum atomic E-state index is 11.1. The molecular formula is C13H16ClNO2. The van der Waals surface area contributed by atoms with E-state index in [1.54, 1.807) is 12.1 Å². The van der Waals surface area contributed by atoms with Crippen LogP contribution in [-0.4, -0.2) is 32.1 Å². The Morgan fingerprint density at radius 3 is 3.12 bits per heavy atom. The minimum Gasteiger partial charge on any atom is -0.377 e. The number of morpholine rings is 1. The highest BCUT2D eigenvalue weighted by Crippen LogP contribution is 2.27. The fourth-order valence-electron chi connectivity index (χ4n) is 2.18. The van der Waals surface area contributed by atoms with Gasteiger partial charge in [0.2, 0.25) is 0 Å². The van der Waals surface area contributed by atoms with Gasteiger partial charge in [0.25, 0.3) is 0 Å². The molecule has 0 bridgehead atoms. The van der Waals surface area contributed by atoms with Gasteiger partial charge in [-0.05, 0) is 24.6 Å². The molecule has 92 valence electrons. The molecule has 0 amide bonds. The second-order valence-electron chi connectivity index (χ2n) is 4.15. The predicted molar refractivity (Wildman–Crippen MR) is 69.1 cm³/mol. The second kappa shape index (κ2) is 5.52. The molecule has 3 nitrogen and oxygen atoms in total. The molecule has 0 aliphatic carbocycles. The molecule has 0 N–H and O–H groups in total. The summed E-state index contributed by atoms with van der Waals surface area (Å²) in [6, 6.07) is 5.70. The van der Waals surface area contributed by atoms with Gasteiger partial charge in [-0.3, -0.25) is 4.79 Å². The maximum Gasteiger partial charge on any atom is 0.152 e. The standard InChI is InChI=1S/C13H16ClNO2/c1-2-12-9-17-6-5-15(12)13-7-11(14)4-3-10(13)8-16/h3-4,7-8,12H,2,5-6,9H2,1H3. The van der Waals surface area contributed by atoms with Crippen LogP contribution in [0.5, 0.6) is 0 Å². The van der Waals surface area contributed by atoms with E-state index in [1.807, 2.05) is 6.07 Å². The minimum atomic E-state index is 0.320. The van der Waals surface area contributed by atoms with Crippen molar-refractivity contribution in [3.05, 3.63) is 28.8 Å². The Morgan fingerprint density at radius 2 is 2.41 bits per heavy atom. The van der Waals surface area contributed by atoms with Crippen molar-refractivity contribution in [1.82, 2.24) is 0 Å². The lowest BCUT2D eigenvalue weighted by Crippen LogP contribution is -2.45. The van der Waals surface area contributed by atoms with Crippen molar-refractivity contribution in [3.8, 4) is 0 Å². The molecule has 1 aliphatic rings. The average Bonchev–Trinajstić information content (AvgIpc) is 2.38. The van der Waals surface area contributed by atoms with E-state index in [1.165, 1.54) is 0 Å². The number of carbonyl (C=O) groups is 1. The summed E-state index contributed by atoms with van der Waals surface area (Å²) in [5.41, 5.74) is 1.61. The van der Waals surface area contributed by atoms with E-state index < -0.39 is 0 Å². The van der Waals surface area contributed by atoms with Crippen molar-refractivity contribution in [3.63, 3.8) is 0 Å². The van der Waals surface area contributed by atoms with Crippen molar-refractivity contribution in [2.75, 3.05) is 24.7 Å². The molecule has 0 aromatic heterocycles. The number of hydrogen-bond donors (Lipinski definition) is 0. The minimum absolute atomic E-state index is 0.320. The largest absolute Gasteiger partial charge is 0.377 e. The Kier molecular flexibility index (Phi) is 4.02. The van der Waals surface area contributed by atoms with E-state index in [0.29, 0.717) is 29.8 Å². The van der Waals surface area contributed by atoms with Gasteiger partial charge in [0, 0.05) is 22.8 Å². The molecule has 2 rings (SSSR count). The van der Waals surface area contributed by atoms with Gasteiger partial charge in [-0.2, -0.15) is 0 Å². The summed E-state index contributed by atoms with van der Waals surface area (Å²) in [6.45, 7) is 4.33. The molecule has 1 heterocycles. The quantitative estimate of drug-likeness (QED) is 0.776. The lowest BCUT2D eigenvalue weighted by molar-refractivity contribution is 0.0927. The Morgan fingerprint density at radius 1 is 1.59 bits per heavy atom. The SMILES string of the molecule is CCC1COCCN1c1cc(Cl)ccc1C=O. The number of carbonyl (C=O) groups excluding carboxylic acids is 1. The number of anilines is 1. The normalized spacial score (nSPS) is 20.4. The van der Waals surface area contributed by atoms with Crippen molar-refractivity contribution in [1.29, 1.82) is 0 Å². The highest BCUT2D eigenvalue weighted by Gasteiger charge is 2.23. The van der Waals surface area contributed by atoms with Crippen molar-refractivity contribution < 1.29 is 9.53 Å². The first-order valence-corrected chi connectivity index (χ1v) is 6.23. The van der Waals surface area contributed by atoms with E-state index in [4.69, 9.17) is 16.3 Å². The lowest BCUT2D eigenvalue weighted by Gasteiger charge is -2.37. The van der Waals surface area contributed by atoms with Crippen molar-refractivity contribution in [2.45, 2.75) is 19.4 Å². The fraction of sp³-hybridized carbons (Fsp3) is 0.462. The third kappa shape index (κ3) is 2.61. The van der Waals surface area contributed by atoms with Crippen LogP contribution in [0.25, 0.3) is 0 Å². The molecule has 1 aromatic carbocycles. The third-order valence-electron chi connectivity index (χ3n) is 3.13. The van der Waals surface area contributed by atoms with Gasteiger partial charge < -0.3 is 9.64 Å². The fourth-order valence-corrected chi connectivity index (χ4v) is 2.34. The van der Waals surface area contributed by atoms with Gasteiger partial charge in [0.1, 0.15) is 0 Å². The summed E-state index contributed by atoms with van der Waals surface area (Å²) in [6.07, 6.45) is 1.87. The first-order valence-electron chi connectivity index (χ1n) is 5.85. The summed E-state index contributed by atoms with van der Waals surface area (Å²) < 4.78 is 5.47. The topological polar surface area (TPSA) is 29.5 Å². The first-order chi connectivity index (χ1) is 8.26. The average molecular weight is 254 g/mol. The molecule has 1 atom stereocenters. The number of ether oxygens (including phenoxy) is 1. The molecule has 0 spiro atoms.